The Labute approximate surface area is 145 Å². The zero-order valence-electron chi connectivity index (χ0n) is 14.4. The van der Waals surface area contributed by atoms with Crippen LogP contribution in [0.2, 0.25) is 0 Å². The molecule has 1 fully saturated rings. The van der Waals surface area contributed by atoms with Gasteiger partial charge in [-0.25, -0.2) is 0 Å². The molecular formula is C17H22N4O4. The first kappa shape index (κ1) is 17.2. The summed E-state index contributed by atoms with van der Waals surface area (Å²) in [6.45, 7) is 1.20. The van der Waals surface area contributed by atoms with Crippen LogP contribution in [0.5, 0.6) is 11.5 Å². The average Bonchev–Trinajstić information content (AvgIpc) is 3.10. The molecule has 1 aliphatic heterocycles. The Morgan fingerprint density at radius 2 is 2.12 bits per heavy atom. The van der Waals surface area contributed by atoms with Crippen molar-refractivity contribution in [1.29, 1.82) is 0 Å². The summed E-state index contributed by atoms with van der Waals surface area (Å²) in [6.07, 6.45) is 2.80. The second-order valence-electron chi connectivity index (χ2n) is 5.97. The van der Waals surface area contributed by atoms with Gasteiger partial charge in [-0.05, 0) is 37.6 Å². The maximum Gasteiger partial charge on any atom is 0.241 e. The molecule has 2 heterocycles. The van der Waals surface area contributed by atoms with E-state index in [1.165, 1.54) is 0 Å². The monoisotopic (exact) mass is 346 g/mol. The fraction of sp³-hybridized carbons (Fsp3) is 0.471. The van der Waals surface area contributed by atoms with Gasteiger partial charge in [0, 0.05) is 5.56 Å². The number of amides is 1. The van der Waals surface area contributed by atoms with Gasteiger partial charge in [0.25, 0.3) is 0 Å². The van der Waals surface area contributed by atoms with E-state index >= 15 is 0 Å². The lowest BCUT2D eigenvalue weighted by Crippen LogP contribution is -2.47. The Balaban J connectivity index is 1.77. The molecule has 1 aromatic carbocycles. The molecular weight excluding hydrogens is 324 g/mol. The summed E-state index contributed by atoms with van der Waals surface area (Å²) >= 11 is 0. The molecule has 134 valence electrons. The number of hydrogen-bond donors (Lipinski definition) is 1. The van der Waals surface area contributed by atoms with E-state index in [0.717, 1.165) is 31.4 Å². The highest BCUT2D eigenvalue weighted by molar-refractivity contribution is 5.79. The summed E-state index contributed by atoms with van der Waals surface area (Å²) in [6, 6.07) is 5.15. The zero-order chi connectivity index (χ0) is 17.8. The van der Waals surface area contributed by atoms with Gasteiger partial charge < -0.3 is 19.7 Å². The molecule has 2 N–H and O–H groups in total. The molecule has 25 heavy (non-hydrogen) atoms. The largest absolute Gasteiger partial charge is 0.493 e. The van der Waals surface area contributed by atoms with Gasteiger partial charge in [0.15, 0.2) is 11.5 Å². The first-order valence-corrected chi connectivity index (χ1v) is 8.20. The summed E-state index contributed by atoms with van der Waals surface area (Å²) in [5, 5.41) is 4.03. The highest BCUT2D eigenvalue weighted by atomic mass is 16.5. The number of nitrogens with two attached hydrogens (primary N) is 1. The van der Waals surface area contributed by atoms with Crippen LogP contribution in [0.4, 0.5) is 0 Å². The molecule has 3 rings (SSSR count). The van der Waals surface area contributed by atoms with Crippen molar-refractivity contribution in [2.24, 2.45) is 5.73 Å². The molecule has 1 atom stereocenters. The molecule has 1 saturated heterocycles. The lowest BCUT2D eigenvalue weighted by Gasteiger charge is -2.32. The molecule has 8 heteroatoms. The van der Waals surface area contributed by atoms with E-state index in [4.69, 9.17) is 19.7 Å². The van der Waals surface area contributed by atoms with Gasteiger partial charge in [-0.15, -0.1) is 0 Å². The maximum absolute atomic E-state index is 11.6. The van der Waals surface area contributed by atoms with Gasteiger partial charge in [-0.2, -0.15) is 4.98 Å². The Hall–Kier alpha value is -2.61. The van der Waals surface area contributed by atoms with Crippen molar-refractivity contribution < 1.29 is 18.8 Å². The van der Waals surface area contributed by atoms with Crippen molar-refractivity contribution in [2.45, 2.75) is 31.8 Å². The SMILES string of the molecule is COc1ccc(-c2noc(CN3CCCC[C@H]3C(N)=O)n2)cc1OC. The number of nitrogens with zero attached hydrogens (tertiary/aromatic N) is 3. The normalized spacial score (nSPS) is 18.1. The van der Waals surface area contributed by atoms with Crippen LogP contribution >= 0.6 is 0 Å². The fourth-order valence-electron chi connectivity index (χ4n) is 3.09. The van der Waals surface area contributed by atoms with Crippen LogP contribution in [0, 0.1) is 0 Å². The van der Waals surface area contributed by atoms with Crippen LogP contribution in [-0.2, 0) is 11.3 Å². The van der Waals surface area contributed by atoms with Crippen molar-refractivity contribution in [2.75, 3.05) is 20.8 Å². The molecule has 0 bridgehead atoms. The van der Waals surface area contributed by atoms with E-state index in [-0.39, 0.29) is 11.9 Å². The smallest absolute Gasteiger partial charge is 0.241 e. The molecule has 0 unspecified atom stereocenters. The summed E-state index contributed by atoms with van der Waals surface area (Å²) in [4.78, 5) is 18.0. The summed E-state index contributed by atoms with van der Waals surface area (Å²) in [5.41, 5.74) is 6.26. The molecule has 0 saturated carbocycles. The number of hydrogen-bond acceptors (Lipinski definition) is 7. The maximum atomic E-state index is 11.6. The first-order valence-electron chi connectivity index (χ1n) is 8.20. The van der Waals surface area contributed by atoms with E-state index in [1.54, 1.807) is 26.4 Å². The van der Waals surface area contributed by atoms with Crippen LogP contribution in [0.1, 0.15) is 25.2 Å². The number of ether oxygens (including phenoxy) is 2. The average molecular weight is 346 g/mol. The van der Waals surface area contributed by atoms with Crippen molar-refractivity contribution in [3.63, 3.8) is 0 Å². The van der Waals surface area contributed by atoms with Crippen molar-refractivity contribution in [3.8, 4) is 22.9 Å². The number of piperidine rings is 1. The quantitative estimate of drug-likeness (QED) is 0.847. The van der Waals surface area contributed by atoms with E-state index in [2.05, 4.69) is 10.1 Å². The van der Waals surface area contributed by atoms with Gasteiger partial charge >= 0.3 is 0 Å². The topological polar surface area (TPSA) is 104 Å². The number of carbonyl (C=O) groups excluding carboxylic acids is 1. The predicted octanol–water partition coefficient (Wildman–Crippen LogP) is 1.59. The molecule has 8 nitrogen and oxygen atoms in total. The third-order valence-electron chi connectivity index (χ3n) is 4.39. The number of aromatic nitrogens is 2. The van der Waals surface area contributed by atoms with Crippen LogP contribution in [0.25, 0.3) is 11.4 Å². The highest BCUT2D eigenvalue weighted by Crippen LogP contribution is 2.31. The van der Waals surface area contributed by atoms with E-state index in [0.29, 0.717) is 29.8 Å². The second-order valence-corrected chi connectivity index (χ2v) is 5.97. The van der Waals surface area contributed by atoms with Gasteiger partial charge in [-0.3, -0.25) is 9.69 Å². The number of benzene rings is 1. The number of carbonyl (C=O) groups is 1. The number of methoxy groups -OCH3 is 2. The van der Waals surface area contributed by atoms with Crippen LogP contribution < -0.4 is 15.2 Å². The molecule has 1 aromatic heterocycles. The zero-order valence-corrected chi connectivity index (χ0v) is 14.4. The number of rotatable bonds is 6. The summed E-state index contributed by atoms with van der Waals surface area (Å²) in [5.74, 6) is 1.84. The predicted molar refractivity (Wildman–Crippen MR) is 90.1 cm³/mol. The third kappa shape index (κ3) is 3.74. The van der Waals surface area contributed by atoms with E-state index in [9.17, 15) is 4.79 Å². The third-order valence-corrected chi connectivity index (χ3v) is 4.39. The van der Waals surface area contributed by atoms with Gasteiger partial charge in [0.1, 0.15) is 0 Å². The number of primary amides is 1. The molecule has 2 aromatic rings. The summed E-state index contributed by atoms with van der Waals surface area (Å²) in [7, 11) is 3.15. The molecule has 0 radical (unpaired) electrons. The van der Waals surface area contributed by atoms with Gasteiger partial charge in [-0.1, -0.05) is 11.6 Å². The van der Waals surface area contributed by atoms with Crippen molar-refractivity contribution >= 4 is 5.91 Å². The number of likely N-dealkylation sites (tertiary alicyclic amines) is 1. The van der Waals surface area contributed by atoms with Crippen molar-refractivity contribution in [3.05, 3.63) is 24.1 Å². The summed E-state index contributed by atoms with van der Waals surface area (Å²) < 4.78 is 15.9. The lowest BCUT2D eigenvalue weighted by atomic mass is 10.0. The standard InChI is InChI=1S/C17H22N4O4/c1-23-13-7-6-11(9-14(13)24-2)17-19-15(25-20-17)10-21-8-4-3-5-12(21)16(18)22/h6-7,9,12H,3-5,8,10H2,1-2H3,(H2,18,22)/t12-/m0/s1. The van der Waals surface area contributed by atoms with Gasteiger partial charge in [0.2, 0.25) is 17.6 Å². The Bertz CT molecular complexity index is 746. The minimum atomic E-state index is -0.306. The van der Waals surface area contributed by atoms with E-state index in [1.807, 2.05) is 11.0 Å². The van der Waals surface area contributed by atoms with Crippen LogP contribution in [0.15, 0.2) is 22.7 Å². The minimum Gasteiger partial charge on any atom is -0.493 e. The molecule has 0 spiro atoms. The van der Waals surface area contributed by atoms with Crippen molar-refractivity contribution in [1.82, 2.24) is 15.0 Å². The highest BCUT2D eigenvalue weighted by Gasteiger charge is 2.28. The molecule has 1 amide bonds. The molecule has 1 aliphatic rings. The Kier molecular flexibility index (Phi) is 5.18. The van der Waals surface area contributed by atoms with Crippen LogP contribution in [0.3, 0.4) is 0 Å². The van der Waals surface area contributed by atoms with Crippen LogP contribution in [-0.4, -0.2) is 47.8 Å². The fourth-order valence-corrected chi connectivity index (χ4v) is 3.09. The van der Waals surface area contributed by atoms with Gasteiger partial charge in [0.05, 0.1) is 26.8 Å². The minimum absolute atomic E-state index is 0.273. The lowest BCUT2D eigenvalue weighted by molar-refractivity contribution is -0.124. The first-order chi connectivity index (χ1) is 12.1. The van der Waals surface area contributed by atoms with E-state index < -0.39 is 0 Å². The Morgan fingerprint density at radius 1 is 1.32 bits per heavy atom. The molecule has 0 aliphatic carbocycles. The Morgan fingerprint density at radius 3 is 2.84 bits per heavy atom. The second kappa shape index (κ2) is 7.52.